The van der Waals surface area contributed by atoms with Crippen LogP contribution in [0.4, 0.5) is 0 Å². The van der Waals surface area contributed by atoms with Gasteiger partial charge in [0.05, 0.1) is 13.0 Å². The van der Waals surface area contributed by atoms with Crippen LogP contribution in [0.2, 0.25) is 0 Å². The molecule has 0 aromatic heterocycles. The van der Waals surface area contributed by atoms with Gasteiger partial charge in [0, 0.05) is 32.0 Å². The summed E-state index contributed by atoms with van der Waals surface area (Å²) in [7, 11) is 0. The van der Waals surface area contributed by atoms with Gasteiger partial charge < -0.3 is 25.6 Å². The number of nitrogens with one attached hydrogen (secondary N) is 2. The number of aliphatic hydroxyl groups is 2. The minimum atomic E-state index is -1.71. The summed E-state index contributed by atoms with van der Waals surface area (Å²) in [5, 5.41) is 24.5. The summed E-state index contributed by atoms with van der Waals surface area (Å²) < 4.78 is 5.10. The molecular weight excluding hydrogens is 484 g/mol. The van der Waals surface area contributed by atoms with Crippen LogP contribution in [-0.4, -0.2) is 59.9 Å². The van der Waals surface area contributed by atoms with Crippen LogP contribution in [0.5, 0.6) is 0 Å². The molecule has 0 aromatic carbocycles. The summed E-state index contributed by atoms with van der Waals surface area (Å²) in [6.07, 6.45) is 21.7. The summed E-state index contributed by atoms with van der Waals surface area (Å²) >= 11 is 0. The Balaban J connectivity index is 3.53. The highest BCUT2D eigenvalue weighted by Gasteiger charge is 2.35. The predicted octanol–water partition coefficient (Wildman–Crippen LogP) is 4.96. The largest absolute Gasteiger partial charge is 0.466 e. The van der Waals surface area contributed by atoms with Crippen LogP contribution < -0.4 is 10.6 Å². The van der Waals surface area contributed by atoms with Gasteiger partial charge in [0.2, 0.25) is 5.91 Å². The molecule has 0 spiro atoms. The van der Waals surface area contributed by atoms with Crippen molar-refractivity contribution < 1.29 is 29.3 Å². The molecule has 0 radical (unpaired) electrons. The molecule has 0 aliphatic heterocycles. The first kappa shape index (κ1) is 36.1. The van der Waals surface area contributed by atoms with E-state index in [1.54, 1.807) is 6.92 Å². The SMILES string of the molecule is CCCCCCCCC=CCCCCCCCC(=O)NCCCOC(=O)CCNC(=O)C(C)(O)C(C)CO. The lowest BCUT2D eigenvalue weighted by atomic mass is 9.90. The fourth-order valence-corrected chi connectivity index (χ4v) is 3.86. The van der Waals surface area contributed by atoms with Crippen molar-refractivity contribution in [2.75, 3.05) is 26.3 Å². The molecule has 222 valence electrons. The standard InChI is InChI=1S/C30H56N2O6/c1-4-5-6-7-8-9-10-11-12-13-14-15-16-17-18-20-27(34)31-22-19-24-38-28(35)21-23-32-29(36)30(3,37)26(2)25-33/h11-12,26,33,37H,4-10,13-25H2,1-3H3,(H,31,34)(H,32,36). The van der Waals surface area contributed by atoms with Crippen molar-refractivity contribution in [2.45, 2.75) is 129 Å². The van der Waals surface area contributed by atoms with E-state index in [1.807, 2.05) is 0 Å². The molecule has 38 heavy (non-hydrogen) atoms. The van der Waals surface area contributed by atoms with Gasteiger partial charge in [0.25, 0.3) is 5.91 Å². The Morgan fingerprint density at radius 2 is 1.39 bits per heavy atom. The Labute approximate surface area is 231 Å². The molecule has 0 fully saturated rings. The van der Waals surface area contributed by atoms with Crippen LogP contribution in [0, 0.1) is 5.92 Å². The molecule has 0 saturated carbocycles. The zero-order chi connectivity index (χ0) is 28.5. The van der Waals surface area contributed by atoms with Crippen LogP contribution in [-0.2, 0) is 19.1 Å². The van der Waals surface area contributed by atoms with Gasteiger partial charge in [-0.2, -0.15) is 0 Å². The van der Waals surface area contributed by atoms with E-state index in [0.717, 1.165) is 25.7 Å². The Kier molecular flexibility index (Phi) is 22.9. The van der Waals surface area contributed by atoms with E-state index in [0.29, 0.717) is 19.4 Å². The van der Waals surface area contributed by atoms with Gasteiger partial charge in [0.15, 0.2) is 0 Å². The number of allylic oxidation sites excluding steroid dienone is 2. The quantitative estimate of drug-likeness (QED) is 0.0737. The van der Waals surface area contributed by atoms with Gasteiger partial charge in [-0.3, -0.25) is 14.4 Å². The van der Waals surface area contributed by atoms with Crippen LogP contribution >= 0.6 is 0 Å². The maximum absolute atomic E-state index is 12.0. The number of aliphatic hydroxyl groups excluding tert-OH is 1. The van der Waals surface area contributed by atoms with Crippen LogP contribution in [0.25, 0.3) is 0 Å². The number of ether oxygens (including phenoxy) is 1. The number of carbonyl (C=O) groups is 3. The van der Waals surface area contributed by atoms with Crippen LogP contribution in [0.1, 0.15) is 124 Å². The number of carbonyl (C=O) groups excluding carboxylic acids is 3. The van der Waals surface area contributed by atoms with E-state index in [-0.39, 0.29) is 32.1 Å². The monoisotopic (exact) mass is 540 g/mol. The third-order valence-electron chi connectivity index (χ3n) is 6.88. The highest BCUT2D eigenvalue weighted by molar-refractivity contribution is 5.85. The van der Waals surface area contributed by atoms with Crippen molar-refractivity contribution in [3.63, 3.8) is 0 Å². The first-order valence-corrected chi connectivity index (χ1v) is 14.9. The van der Waals surface area contributed by atoms with E-state index >= 15 is 0 Å². The minimum Gasteiger partial charge on any atom is -0.466 e. The molecule has 0 aromatic rings. The summed E-state index contributed by atoms with van der Waals surface area (Å²) in [6.45, 7) is 5.50. The molecular formula is C30H56N2O6. The summed E-state index contributed by atoms with van der Waals surface area (Å²) in [5.74, 6) is -1.69. The van der Waals surface area contributed by atoms with Crippen LogP contribution in [0.15, 0.2) is 12.2 Å². The lowest BCUT2D eigenvalue weighted by Gasteiger charge is -2.27. The molecule has 0 aliphatic carbocycles. The number of hydrogen-bond acceptors (Lipinski definition) is 6. The normalized spacial score (nSPS) is 13.7. The first-order valence-electron chi connectivity index (χ1n) is 14.9. The zero-order valence-electron chi connectivity index (χ0n) is 24.4. The van der Waals surface area contributed by atoms with Gasteiger partial charge in [-0.05, 0) is 45.4 Å². The average molecular weight is 541 g/mol. The van der Waals surface area contributed by atoms with Crippen molar-refractivity contribution in [1.29, 1.82) is 0 Å². The molecule has 0 saturated heterocycles. The fourth-order valence-electron chi connectivity index (χ4n) is 3.86. The van der Waals surface area contributed by atoms with E-state index in [2.05, 4.69) is 29.7 Å². The Hall–Kier alpha value is -1.93. The first-order chi connectivity index (χ1) is 18.3. The molecule has 0 bridgehead atoms. The fraction of sp³-hybridized carbons (Fsp3) is 0.833. The Bertz CT molecular complexity index is 651. The molecule has 8 heteroatoms. The maximum atomic E-state index is 12.0. The van der Waals surface area contributed by atoms with Gasteiger partial charge in [-0.25, -0.2) is 0 Å². The van der Waals surface area contributed by atoms with Crippen molar-refractivity contribution in [2.24, 2.45) is 5.92 Å². The third kappa shape index (κ3) is 20.1. The van der Waals surface area contributed by atoms with Gasteiger partial charge in [-0.1, -0.05) is 77.4 Å². The van der Waals surface area contributed by atoms with Crippen molar-refractivity contribution in [1.82, 2.24) is 10.6 Å². The molecule has 0 heterocycles. The van der Waals surface area contributed by atoms with Gasteiger partial charge >= 0.3 is 5.97 Å². The third-order valence-corrected chi connectivity index (χ3v) is 6.88. The average Bonchev–Trinajstić information content (AvgIpc) is 2.89. The second kappa shape index (κ2) is 24.1. The van der Waals surface area contributed by atoms with Crippen molar-refractivity contribution in [3.05, 3.63) is 12.2 Å². The molecule has 8 nitrogen and oxygen atoms in total. The molecule has 4 N–H and O–H groups in total. The highest BCUT2D eigenvalue weighted by Crippen LogP contribution is 2.16. The van der Waals surface area contributed by atoms with Crippen LogP contribution in [0.3, 0.4) is 0 Å². The number of esters is 1. The summed E-state index contributed by atoms with van der Waals surface area (Å²) in [4.78, 5) is 35.7. The topological polar surface area (TPSA) is 125 Å². The molecule has 0 aliphatic rings. The second-order valence-corrected chi connectivity index (χ2v) is 10.5. The van der Waals surface area contributed by atoms with E-state index in [1.165, 1.54) is 64.7 Å². The second-order valence-electron chi connectivity index (χ2n) is 10.5. The summed E-state index contributed by atoms with van der Waals surface area (Å²) in [6, 6.07) is 0. The predicted molar refractivity (Wildman–Crippen MR) is 153 cm³/mol. The molecule has 2 atom stereocenters. The summed E-state index contributed by atoms with van der Waals surface area (Å²) in [5.41, 5.74) is -1.71. The molecule has 0 rings (SSSR count). The van der Waals surface area contributed by atoms with Gasteiger partial charge in [-0.15, -0.1) is 0 Å². The zero-order valence-corrected chi connectivity index (χ0v) is 24.4. The maximum Gasteiger partial charge on any atom is 0.307 e. The van der Waals surface area contributed by atoms with E-state index in [9.17, 15) is 19.5 Å². The number of hydrogen-bond donors (Lipinski definition) is 4. The van der Waals surface area contributed by atoms with Crippen molar-refractivity contribution >= 4 is 17.8 Å². The smallest absolute Gasteiger partial charge is 0.307 e. The molecule has 2 unspecified atom stereocenters. The van der Waals surface area contributed by atoms with E-state index in [4.69, 9.17) is 9.84 Å². The minimum absolute atomic E-state index is 0.0167. The number of unbranched alkanes of at least 4 members (excludes halogenated alkanes) is 11. The van der Waals surface area contributed by atoms with Crippen molar-refractivity contribution in [3.8, 4) is 0 Å². The van der Waals surface area contributed by atoms with E-state index < -0.39 is 23.4 Å². The molecule has 2 amide bonds. The lowest BCUT2D eigenvalue weighted by molar-refractivity contribution is -0.146. The lowest BCUT2D eigenvalue weighted by Crippen LogP contribution is -2.50. The van der Waals surface area contributed by atoms with Gasteiger partial charge in [0.1, 0.15) is 5.60 Å². The Morgan fingerprint density at radius 3 is 2.00 bits per heavy atom. The number of amides is 2. The highest BCUT2D eigenvalue weighted by atomic mass is 16.5. The number of rotatable bonds is 25. The Morgan fingerprint density at radius 1 is 0.816 bits per heavy atom.